The lowest BCUT2D eigenvalue weighted by Crippen LogP contribution is -2.39. The first-order valence-corrected chi connectivity index (χ1v) is 7.81. The van der Waals surface area contributed by atoms with Gasteiger partial charge in [-0.15, -0.1) is 0 Å². The van der Waals surface area contributed by atoms with Crippen LogP contribution in [0.1, 0.15) is 41.6 Å². The van der Waals surface area contributed by atoms with Crippen LogP contribution in [-0.4, -0.2) is 48.9 Å². The Bertz CT molecular complexity index is 501. The van der Waals surface area contributed by atoms with Crippen LogP contribution in [0, 0.1) is 6.92 Å². The number of carbonyl (C=O) groups is 1. The Hall–Kier alpha value is -1.55. The fourth-order valence-corrected chi connectivity index (χ4v) is 3.03. The molecule has 0 aliphatic carbocycles. The number of hydrogen-bond donors (Lipinski definition) is 1. The first-order chi connectivity index (χ1) is 9.99. The van der Waals surface area contributed by atoms with Crippen LogP contribution in [0.3, 0.4) is 0 Å². The van der Waals surface area contributed by atoms with Gasteiger partial charge in [0.1, 0.15) is 0 Å². The normalized spacial score (nSPS) is 19.5. The van der Waals surface area contributed by atoms with Crippen LogP contribution in [-0.2, 0) is 0 Å². The molecular formula is C17H27N3O. The van der Waals surface area contributed by atoms with Crippen molar-refractivity contribution in [2.75, 3.05) is 32.9 Å². The molecule has 0 radical (unpaired) electrons. The van der Waals surface area contributed by atoms with Crippen molar-refractivity contribution in [1.29, 1.82) is 0 Å². The number of nitrogen functional groups attached to an aromatic ring is 1. The average molecular weight is 289 g/mol. The molecule has 1 fully saturated rings. The number of rotatable bonds is 4. The number of amides is 1. The Kier molecular flexibility index (Phi) is 5.23. The van der Waals surface area contributed by atoms with E-state index in [1.54, 1.807) is 6.07 Å². The number of hydrogen-bond acceptors (Lipinski definition) is 3. The molecule has 1 unspecified atom stereocenters. The lowest BCUT2D eigenvalue weighted by atomic mass is 10.00. The van der Waals surface area contributed by atoms with Crippen molar-refractivity contribution >= 4 is 11.6 Å². The van der Waals surface area contributed by atoms with Crippen molar-refractivity contribution in [3.63, 3.8) is 0 Å². The Morgan fingerprint density at radius 2 is 2.19 bits per heavy atom. The van der Waals surface area contributed by atoms with Gasteiger partial charge in [0, 0.05) is 30.9 Å². The van der Waals surface area contributed by atoms with Gasteiger partial charge in [0.25, 0.3) is 5.91 Å². The molecule has 116 valence electrons. The van der Waals surface area contributed by atoms with E-state index in [-0.39, 0.29) is 5.91 Å². The van der Waals surface area contributed by atoms with Gasteiger partial charge in [-0.05, 0) is 57.5 Å². The number of anilines is 1. The predicted octanol–water partition coefficient (Wildman–Crippen LogP) is 2.52. The highest BCUT2D eigenvalue weighted by atomic mass is 16.2. The van der Waals surface area contributed by atoms with Crippen molar-refractivity contribution in [3.05, 3.63) is 29.3 Å². The lowest BCUT2D eigenvalue weighted by Gasteiger charge is -2.33. The summed E-state index contributed by atoms with van der Waals surface area (Å²) < 4.78 is 0. The van der Waals surface area contributed by atoms with E-state index in [0.29, 0.717) is 11.7 Å². The Morgan fingerprint density at radius 1 is 1.43 bits per heavy atom. The summed E-state index contributed by atoms with van der Waals surface area (Å²) in [7, 11) is 4.07. The minimum Gasteiger partial charge on any atom is -0.399 e. The molecule has 1 saturated heterocycles. The van der Waals surface area contributed by atoms with Gasteiger partial charge in [0.2, 0.25) is 0 Å². The van der Waals surface area contributed by atoms with Crippen LogP contribution in [0.25, 0.3) is 0 Å². The van der Waals surface area contributed by atoms with E-state index in [1.807, 2.05) is 31.0 Å². The van der Waals surface area contributed by atoms with E-state index in [0.717, 1.165) is 24.1 Å². The van der Waals surface area contributed by atoms with Gasteiger partial charge in [-0.1, -0.05) is 12.5 Å². The predicted molar refractivity (Wildman–Crippen MR) is 87.4 cm³/mol. The smallest absolute Gasteiger partial charge is 0.253 e. The second-order valence-corrected chi connectivity index (χ2v) is 6.22. The van der Waals surface area contributed by atoms with Crippen LogP contribution in [0.5, 0.6) is 0 Å². The average Bonchev–Trinajstić information content (AvgIpc) is 2.48. The molecule has 1 aromatic rings. The molecule has 1 aliphatic heterocycles. The maximum Gasteiger partial charge on any atom is 0.253 e. The Balaban J connectivity index is 1.94. The second-order valence-electron chi connectivity index (χ2n) is 6.22. The zero-order valence-electron chi connectivity index (χ0n) is 13.4. The van der Waals surface area contributed by atoms with Gasteiger partial charge >= 0.3 is 0 Å². The minimum atomic E-state index is 0.0678. The quantitative estimate of drug-likeness (QED) is 0.867. The van der Waals surface area contributed by atoms with Gasteiger partial charge < -0.3 is 15.5 Å². The van der Waals surface area contributed by atoms with Gasteiger partial charge in [-0.25, -0.2) is 0 Å². The molecule has 1 aromatic carbocycles. The first-order valence-electron chi connectivity index (χ1n) is 7.81. The van der Waals surface area contributed by atoms with Crippen LogP contribution < -0.4 is 5.73 Å². The number of aryl methyl sites for hydroxylation is 1. The van der Waals surface area contributed by atoms with Crippen molar-refractivity contribution in [2.24, 2.45) is 0 Å². The Labute approximate surface area is 127 Å². The highest BCUT2D eigenvalue weighted by molar-refractivity contribution is 5.96. The monoisotopic (exact) mass is 289 g/mol. The van der Waals surface area contributed by atoms with Crippen molar-refractivity contribution < 1.29 is 4.79 Å². The molecular weight excluding hydrogens is 262 g/mol. The largest absolute Gasteiger partial charge is 0.399 e. The summed E-state index contributed by atoms with van der Waals surface area (Å²) in [6.45, 7) is 3.92. The van der Waals surface area contributed by atoms with Gasteiger partial charge in [-0.2, -0.15) is 0 Å². The number of likely N-dealkylation sites (tertiary alicyclic amines) is 1. The second kappa shape index (κ2) is 6.94. The number of carbonyl (C=O) groups excluding carboxylic acids is 1. The first kappa shape index (κ1) is 15.8. The molecule has 4 heteroatoms. The third kappa shape index (κ3) is 3.97. The summed E-state index contributed by atoms with van der Waals surface area (Å²) in [5.41, 5.74) is 8.14. The van der Waals surface area contributed by atoms with Crippen LogP contribution in [0.15, 0.2) is 18.2 Å². The molecule has 1 atom stereocenters. The van der Waals surface area contributed by atoms with E-state index < -0.39 is 0 Å². The zero-order valence-corrected chi connectivity index (χ0v) is 13.4. The molecule has 2 rings (SSSR count). The molecule has 1 aliphatic rings. The summed E-state index contributed by atoms with van der Waals surface area (Å²) >= 11 is 0. The third-order valence-corrected chi connectivity index (χ3v) is 4.56. The van der Waals surface area contributed by atoms with Crippen LogP contribution in [0.4, 0.5) is 5.69 Å². The highest BCUT2D eigenvalue weighted by Crippen LogP contribution is 2.19. The maximum atomic E-state index is 12.5. The summed E-state index contributed by atoms with van der Waals surface area (Å²) in [6.07, 6.45) is 4.89. The fraction of sp³-hybridized carbons (Fsp3) is 0.588. The van der Waals surface area contributed by atoms with Crippen molar-refractivity contribution in [2.45, 2.75) is 38.6 Å². The van der Waals surface area contributed by atoms with E-state index in [2.05, 4.69) is 11.9 Å². The number of piperidine rings is 1. The van der Waals surface area contributed by atoms with Crippen LogP contribution in [0.2, 0.25) is 0 Å². The topological polar surface area (TPSA) is 49.6 Å². The molecule has 21 heavy (non-hydrogen) atoms. The molecule has 2 N–H and O–H groups in total. The minimum absolute atomic E-state index is 0.0678. The number of nitrogens with two attached hydrogens (primary N) is 1. The van der Waals surface area contributed by atoms with E-state index in [4.69, 9.17) is 5.73 Å². The molecule has 0 spiro atoms. The number of nitrogens with zero attached hydrogens (tertiary/aromatic N) is 2. The van der Waals surface area contributed by atoms with Crippen LogP contribution >= 0.6 is 0 Å². The van der Waals surface area contributed by atoms with Crippen molar-refractivity contribution in [3.8, 4) is 0 Å². The molecule has 1 heterocycles. The van der Waals surface area contributed by atoms with E-state index >= 15 is 0 Å². The lowest BCUT2D eigenvalue weighted by molar-refractivity contribution is 0.0770. The zero-order chi connectivity index (χ0) is 15.4. The van der Waals surface area contributed by atoms with Crippen molar-refractivity contribution in [1.82, 2.24) is 9.80 Å². The van der Waals surface area contributed by atoms with Gasteiger partial charge in [0.05, 0.1) is 0 Å². The molecule has 0 aromatic heterocycles. The summed E-state index contributed by atoms with van der Waals surface area (Å²) in [6, 6.07) is 6.13. The Morgan fingerprint density at radius 3 is 2.90 bits per heavy atom. The van der Waals surface area contributed by atoms with E-state index in [9.17, 15) is 4.79 Å². The van der Waals surface area contributed by atoms with E-state index in [1.165, 1.54) is 25.8 Å². The SMILES string of the molecule is Cc1ccc(N)cc1C(=O)N(C)CCC1CCCCN1C. The summed E-state index contributed by atoms with van der Waals surface area (Å²) in [4.78, 5) is 16.8. The molecule has 0 bridgehead atoms. The molecule has 0 saturated carbocycles. The molecule has 1 amide bonds. The highest BCUT2D eigenvalue weighted by Gasteiger charge is 2.21. The number of benzene rings is 1. The summed E-state index contributed by atoms with van der Waals surface area (Å²) in [5.74, 6) is 0.0678. The maximum absolute atomic E-state index is 12.5. The standard InChI is InChI=1S/C17H27N3O/c1-13-7-8-14(18)12-16(13)17(21)20(3)11-9-15-6-4-5-10-19(15)2/h7-8,12,15H,4-6,9-11,18H2,1-3H3. The third-order valence-electron chi connectivity index (χ3n) is 4.56. The van der Waals surface area contributed by atoms with Gasteiger partial charge in [0.15, 0.2) is 0 Å². The molecule has 4 nitrogen and oxygen atoms in total. The summed E-state index contributed by atoms with van der Waals surface area (Å²) in [5, 5.41) is 0. The fourth-order valence-electron chi connectivity index (χ4n) is 3.03. The van der Waals surface area contributed by atoms with Gasteiger partial charge in [-0.3, -0.25) is 4.79 Å².